The molecule has 1 aromatic rings. The summed E-state index contributed by atoms with van der Waals surface area (Å²) in [7, 11) is 0. The van der Waals surface area contributed by atoms with Gasteiger partial charge in [-0.2, -0.15) is 0 Å². The van der Waals surface area contributed by atoms with Gasteiger partial charge in [-0.3, -0.25) is 0 Å². The van der Waals surface area contributed by atoms with E-state index < -0.39 is 11.9 Å². The van der Waals surface area contributed by atoms with Crippen LogP contribution >= 0.6 is 11.6 Å². The van der Waals surface area contributed by atoms with Crippen LogP contribution in [0.25, 0.3) is 0 Å². The molecule has 3 nitrogen and oxygen atoms in total. The van der Waals surface area contributed by atoms with Crippen molar-refractivity contribution in [1.82, 2.24) is 0 Å². The Morgan fingerprint density at radius 2 is 2.14 bits per heavy atom. The van der Waals surface area contributed by atoms with Gasteiger partial charge in [-0.15, -0.1) is 0 Å². The van der Waals surface area contributed by atoms with Crippen molar-refractivity contribution in [1.29, 1.82) is 0 Å². The van der Waals surface area contributed by atoms with Crippen LogP contribution in [0.1, 0.15) is 18.0 Å². The average Bonchev–Trinajstić information content (AvgIpc) is 2.13. The van der Waals surface area contributed by atoms with Crippen LogP contribution in [-0.4, -0.2) is 11.7 Å². The van der Waals surface area contributed by atoms with E-state index in [1.807, 2.05) is 0 Å². The van der Waals surface area contributed by atoms with Crippen molar-refractivity contribution >= 4 is 11.6 Å². The molecule has 0 unspecified atom stereocenters. The van der Waals surface area contributed by atoms with Crippen molar-refractivity contribution in [2.75, 3.05) is 6.54 Å². The molecule has 0 aliphatic carbocycles. The van der Waals surface area contributed by atoms with Gasteiger partial charge >= 0.3 is 0 Å². The zero-order chi connectivity index (χ0) is 10.7. The van der Waals surface area contributed by atoms with Gasteiger partial charge < -0.3 is 16.6 Å². The average molecular weight is 219 g/mol. The molecular weight excluding hydrogens is 207 g/mol. The van der Waals surface area contributed by atoms with Crippen molar-refractivity contribution < 1.29 is 9.50 Å². The van der Waals surface area contributed by atoms with Gasteiger partial charge in [0.2, 0.25) is 0 Å². The number of hydrogen-bond acceptors (Lipinski definition) is 3. The van der Waals surface area contributed by atoms with E-state index in [0.717, 1.165) is 0 Å². The number of aromatic hydroxyl groups is 1. The molecule has 1 atom stereocenters. The minimum Gasteiger partial charge on any atom is -0.506 e. The number of phenols is 1. The fourth-order valence-corrected chi connectivity index (χ4v) is 1.40. The zero-order valence-corrected chi connectivity index (χ0v) is 8.26. The number of benzene rings is 1. The predicted octanol–water partition coefficient (Wildman–Crippen LogP) is 1.53. The van der Waals surface area contributed by atoms with Crippen LogP contribution in [0.5, 0.6) is 5.75 Å². The Morgan fingerprint density at radius 3 is 2.71 bits per heavy atom. The molecular formula is C9H12ClFN2O. The molecule has 14 heavy (non-hydrogen) atoms. The first kappa shape index (κ1) is 11.2. The van der Waals surface area contributed by atoms with Crippen LogP contribution in [0, 0.1) is 5.82 Å². The lowest BCUT2D eigenvalue weighted by Gasteiger charge is -2.14. The van der Waals surface area contributed by atoms with Gasteiger partial charge in [0.15, 0.2) is 0 Å². The van der Waals surface area contributed by atoms with Crippen molar-refractivity contribution in [2.45, 2.75) is 12.5 Å². The van der Waals surface area contributed by atoms with Gasteiger partial charge in [-0.1, -0.05) is 11.6 Å². The molecule has 1 aromatic carbocycles. The van der Waals surface area contributed by atoms with E-state index in [1.165, 1.54) is 12.1 Å². The van der Waals surface area contributed by atoms with E-state index in [2.05, 4.69) is 0 Å². The first-order valence-corrected chi connectivity index (χ1v) is 4.58. The molecule has 5 N–H and O–H groups in total. The molecule has 0 saturated heterocycles. The lowest BCUT2D eigenvalue weighted by Crippen LogP contribution is -2.16. The van der Waals surface area contributed by atoms with Gasteiger partial charge in [0, 0.05) is 11.6 Å². The van der Waals surface area contributed by atoms with E-state index in [4.69, 9.17) is 23.1 Å². The maximum atomic E-state index is 13.3. The molecule has 5 heteroatoms. The van der Waals surface area contributed by atoms with Crippen molar-refractivity contribution in [2.24, 2.45) is 11.5 Å². The molecule has 0 aromatic heterocycles. The fraction of sp³-hybridized carbons (Fsp3) is 0.333. The molecule has 0 saturated carbocycles. The number of phenolic OH excluding ortho intramolecular Hbond substituents is 1. The van der Waals surface area contributed by atoms with Crippen molar-refractivity contribution in [3.8, 4) is 5.75 Å². The molecule has 0 spiro atoms. The largest absolute Gasteiger partial charge is 0.506 e. The monoisotopic (exact) mass is 218 g/mol. The third kappa shape index (κ3) is 2.15. The zero-order valence-electron chi connectivity index (χ0n) is 7.50. The van der Waals surface area contributed by atoms with Gasteiger partial charge in [0.25, 0.3) is 0 Å². The smallest absolute Gasteiger partial charge is 0.141 e. The Kier molecular flexibility index (Phi) is 3.69. The molecule has 1 rings (SSSR count). The van der Waals surface area contributed by atoms with E-state index in [9.17, 15) is 9.50 Å². The summed E-state index contributed by atoms with van der Waals surface area (Å²) < 4.78 is 13.3. The summed E-state index contributed by atoms with van der Waals surface area (Å²) in [6.45, 7) is 0.326. The predicted molar refractivity (Wildman–Crippen MR) is 53.7 cm³/mol. The SMILES string of the molecule is NCC[C@@H](N)c1c(F)ccc(Cl)c1O. The molecule has 0 aliphatic heterocycles. The molecule has 0 radical (unpaired) electrons. The van der Waals surface area contributed by atoms with Crippen LogP contribution in [-0.2, 0) is 0 Å². The first-order chi connectivity index (χ1) is 6.57. The Balaban J connectivity index is 3.11. The molecule has 0 amide bonds. The highest BCUT2D eigenvalue weighted by Crippen LogP contribution is 2.33. The molecule has 0 fully saturated rings. The second-order valence-corrected chi connectivity index (χ2v) is 3.38. The van der Waals surface area contributed by atoms with Crippen LogP contribution < -0.4 is 11.5 Å². The summed E-state index contributed by atoms with van der Waals surface area (Å²) >= 11 is 5.63. The second-order valence-electron chi connectivity index (χ2n) is 2.98. The van der Waals surface area contributed by atoms with E-state index in [-0.39, 0.29) is 16.3 Å². The summed E-state index contributed by atoms with van der Waals surface area (Å²) in [5, 5.41) is 9.57. The third-order valence-corrected chi connectivity index (χ3v) is 2.27. The summed E-state index contributed by atoms with van der Waals surface area (Å²) in [4.78, 5) is 0. The number of halogens is 2. The lowest BCUT2D eigenvalue weighted by atomic mass is 10.0. The summed E-state index contributed by atoms with van der Waals surface area (Å²) in [5.74, 6) is -0.861. The summed E-state index contributed by atoms with van der Waals surface area (Å²) in [6, 6.07) is 1.83. The highest BCUT2D eigenvalue weighted by molar-refractivity contribution is 6.32. The van der Waals surface area contributed by atoms with Crippen LogP contribution in [0.15, 0.2) is 12.1 Å². The van der Waals surface area contributed by atoms with Gasteiger partial charge in [-0.25, -0.2) is 4.39 Å². The van der Waals surface area contributed by atoms with Crippen molar-refractivity contribution in [3.63, 3.8) is 0 Å². The van der Waals surface area contributed by atoms with Crippen molar-refractivity contribution in [3.05, 3.63) is 28.5 Å². The molecule has 0 bridgehead atoms. The summed E-state index contributed by atoms with van der Waals surface area (Å²) in [6.07, 6.45) is 0.394. The van der Waals surface area contributed by atoms with Crippen LogP contribution in [0.2, 0.25) is 5.02 Å². The highest BCUT2D eigenvalue weighted by Gasteiger charge is 2.17. The Bertz CT molecular complexity index is 333. The van der Waals surface area contributed by atoms with Gasteiger partial charge in [-0.05, 0) is 25.1 Å². The highest BCUT2D eigenvalue weighted by atomic mass is 35.5. The third-order valence-electron chi connectivity index (χ3n) is 1.96. The lowest BCUT2D eigenvalue weighted by molar-refractivity contribution is 0.446. The number of hydrogen-bond donors (Lipinski definition) is 3. The van der Waals surface area contributed by atoms with E-state index in [1.54, 1.807) is 0 Å². The molecule has 0 aliphatic rings. The maximum Gasteiger partial charge on any atom is 0.141 e. The second kappa shape index (κ2) is 4.59. The van der Waals surface area contributed by atoms with Gasteiger partial charge in [0.05, 0.1) is 5.02 Å². The van der Waals surface area contributed by atoms with Crippen LogP contribution in [0.4, 0.5) is 4.39 Å². The number of rotatable bonds is 3. The topological polar surface area (TPSA) is 72.3 Å². The van der Waals surface area contributed by atoms with Gasteiger partial charge in [0.1, 0.15) is 11.6 Å². The summed E-state index contributed by atoms with van der Waals surface area (Å²) in [5.41, 5.74) is 11.0. The molecule has 0 heterocycles. The standard InChI is InChI=1S/C9H12ClFN2O/c10-5-1-2-6(11)8(9(5)14)7(13)3-4-12/h1-2,7,14H,3-4,12-13H2/t7-/m1/s1. The maximum absolute atomic E-state index is 13.3. The Morgan fingerprint density at radius 1 is 1.50 bits per heavy atom. The minimum atomic E-state index is -0.626. The Hall–Kier alpha value is -0.840. The van der Waals surface area contributed by atoms with Crippen LogP contribution in [0.3, 0.4) is 0 Å². The number of nitrogens with two attached hydrogens (primary N) is 2. The normalized spacial score (nSPS) is 12.9. The first-order valence-electron chi connectivity index (χ1n) is 4.20. The van der Waals surface area contributed by atoms with E-state index in [0.29, 0.717) is 13.0 Å². The molecule has 78 valence electrons. The van der Waals surface area contributed by atoms with E-state index >= 15 is 0 Å². The quantitative estimate of drug-likeness (QED) is 0.721. The Labute approximate surface area is 86.5 Å². The minimum absolute atomic E-state index is 0.0305. The fourth-order valence-electron chi connectivity index (χ4n) is 1.23.